The van der Waals surface area contributed by atoms with Crippen LogP contribution < -0.4 is 0 Å². The first-order valence-corrected chi connectivity index (χ1v) is 14.1. The highest BCUT2D eigenvalue weighted by Crippen LogP contribution is 2.43. The lowest BCUT2D eigenvalue weighted by Crippen LogP contribution is -2.44. The number of amides is 1. The maximum atomic E-state index is 14.2. The average molecular weight is 599 g/mol. The largest absolute Gasteiger partial charge is 0.417 e. The fourth-order valence-electron chi connectivity index (χ4n) is 5.33. The van der Waals surface area contributed by atoms with Crippen molar-refractivity contribution in [2.75, 3.05) is 6.54 Å². The molecule has 210 valence electrons. The lowest BCUT2D eigenvalue weighted by Gasteiger charge is -2.33. The maximum Gasteiger partial charge on any atom is 0.417 e. The van der Waals surface area contributed by atoms with Crippen molar-refractivity contribution < 1.29 is 22.4 Å². The second-order valence-corrected chi connectivity index (χ2v) is 11.7. The summed E-state index contributed by atoms with van der Waals surface area (Å²) < 4.78 is 54.1. The predicted molar refractivity (Wildman–Crippen MR) is 151 cm³/mol. The molecule has 5 nitrogen and oxygen atoms in total. The molecule has 0 aliphatic carbocycles. The van der Waals surface area contributed by atoms with Crippen molar-refractivity contribution in [3.63, 3.8) is 0 Å². The second kappa shape index (κ2) is 9.95. The quantitative estimate of drug-likeness (QED) is 0.211. The number of likely N-dealkylation sites (tertiary alicyclic amines) is 1. The molecule has 11 heteroatoms. The van der Waals surface area contributed by atoms with Crippen LogP contribution in [0, 0.1) is 12.7 Å². The summed E-state index contributed by atoms with van der Waals surface area (Å²) in [6.45, 7) is 4.21. The highest BCUT2D eigenvalue weighted by Gasteiger charge is 2.45. The van der Waals surface area contributed by atoms with Gasteiger partial charge in [-0.3, -0.25) is 4.79 Å². The number of carbonyl (C=O) groups is 1. The number of benzene rings is 3. The minimum Gasteiger partial charge on any atom is -0.340 e. The smallest absolute Gasteiger partial charge is 0.340 e. The van der Waals surface area contributed by atoms with Crippen LogP contribution in [0.3, 0.4) is 0 Å². The number of alkyl halides is 3. The highest BCUT2D eigenvalue weighted by atomic mass is 35.5. The van der Waals surface area contributed by atoms with E-state index in [0.29, 0.717) is 40.7 Å². The molecule has 1 saturated heterocycles. The predicted octanol–water partition coefficient (Wildman–Crippen LogP) is 8.62. The SMILES string of the molecule is Cc1cccc(-c2nc(C(=O)N3CCCC3(C)c3nc4cc(Cl)c(C(F)(F)F)cc4[nH]3)c(-c3ccc(F)cc3)s2)c1. The lowest BCUT2D eigenvalue weighted by molar-refractivity contribution is -0.137. The zero-order chi connectivity index (χ0) is 29.1. The molecule has 0 saturated carbocycles. The van der Waals surface area contributed by atoms with Crippen molar-refractivity contribution in [3.05, 3.63) is 94.1 Å². The van der Waals surface area contributed by atoms with Gasteiger partial charge in [0.25, 0.3) is 5.91 Å². The van der Waals surface area contributed by atoms with Gasteiger partial charge in [-0.05, 0) is 62.6 Å². The lowest BCUT2D eigenvalue weighted by atomic mass is 9.97. The number of hydrogen-bond acceptors (Lipinski definition) is 4. The molecule has 1 amide bonds. The van der Waals surface area contributed by atoms with E-state index >= 15 is 0 Å². The first-order valence-electron chi connectivity index (χ1n) is 12.9. The average Bonchev–Trinajstić information content (AvgIpc) is 3.65. The Bertz CT molecular complexity index is 1800. The number of aromatic nitrogens is 3. The van der Waals surface area contributed by atoms with Crippen molar-refractivity contribution in [2.24, 2.45) is 0 Å². The van der Waals surface area contributed by atoms with Crippen molar-refractivity contribution in [1.82, 2.24) is 19.9 Å². The Morgan fingerprint density at radius 2 is 1.83 bits per heavy atom. The Labute approximate surface area is 241 Å². The van der Waals surface area contributed by atoms with E-state index in [1.54, 1.807) is 17.0 Å². The monoisotopic (exact) mass is 598 g/mol. The van der Waals surface area contributed by atoms with Crippen molar-refractivity contribution in [2.45, 2.75) is 38.4 Å². The van der Waals surface area contributed by atoms with Crippen LogP contribution >= 0.6 is 22.9 Å². The Hall–Kier alpha value is -3.76. The molecule has 1 aliphatic heterocycles. The van der Waals surface area contributed by atoms with Crippen molar-refractivity contribution in [3.8, 4) is 21.0 Å². The third kappa shape index (κ3) is 4.89. The standard InChI is InChI=1S/C30H23ClF4N4OS/c1-16-5-3-6-18(13-16)26-38-24(25(41-26)17-7-9-19(32)10-8-17)27(40)39-12-4-11-29(39,2)28-36-22-14-20(30(33,34)35)21(31)15-23(22)37-28/h3,5-10,13-15H,4,11-12H2,1-2H3,(H,36,37). The number of aryl methyl sites for hydroxylation is 1. The van der Waals surface area contributed by atoms with E-state index in [1.165, 1.54) is 29.5 Å². The van der Waals surface area contributed by atoms with Crippen LogP contribution in [0.2, 0.25) is 5.02 Å². The number of imidazole rings is 1. The number of rotatable bonds is 4. The normalized spacial score (nSPS) is 17.5. The zero-order valence-electron chi connectivity index (χ0n) is 21.9. The maximum absolute atomic E-state index is 14.2. The molecule has 5 aromatic rings. The summed E-state index contributed by atoms with van der Waals surface area (Å²) in [5, 5.41) is 0.206. The summed E-state index contributed by atoms with van der Waals surface area (Å²) in [7, 11) is 0. The molecule has 1 fully saturated rings. The summed E-state index contributed by atoms with van der Waals surface area (Å²) in [4.78, 5) is 28.9. The first-order chi connectivity index (χ1) is 19.4. The van der Waals surface area contributed by atoms with Gasteiger partial charge in [-0.2, -0.15) is 13.2 Å². The Morgan fingerprint density at radius 3 is 2.54 bits per heavy atom. The molecule has 0 radical (unpaired) electrons. The Kier molecular flexibility index (Phi) is 6.66. The number of aromatic amines is 1. The van der Waals surface area contributed by atoms with E-state index in [1.807, 2.05) is 38.1 Å². The summed E-state index contributed by atoms with van der Waals surface area (Å²) >= 11 is 7.28. The minimum atomic E-state index is -4.62. The molecule has 0 spiro atoms. The minimum absolute atomic E-state index is 0.180. The van der Waals surface area contributed by atoms with E-state index in [-0.39, 0.29) is 22.6 Å². The summed E-state index contributed by atoms with van der Waals surface area (Å²) in [5.41, 5.74) is 1.35. The molecule has 1 unspecified atom stereocenters. The van der Waals surface area contributed by atoms with Gasteiger partial charge in [0.1, 0.15) is 22.3 Å². The van der Waals surface area contributed by atoms with E-state index in [0.717, 1.165) is 17.2 Å². The summed E-state index contributed by atoms with van der Waals surface area (Å²) in [5.74, 6) is -0.365. The van der Waals surface area contributed by atoms with Crippen LogP contribution in [-0.4, -0.2) is 32.3 Å². The van der Waals surface area contributed by atoms with Gasteiger partial charge in [0.2, 0.25) is 0 Å². The van der Waals surface area contributed by atoms with Crippen LogP contribution in [0.15, 0.2) is 60.7 Å². The van der Waals surface area contributed by atoms with E-state index < -0.39 is 28.1 Å². The van der Waals surface area contributed by atoms with Crippen LogP contribution in [-0.2, 0) is 11.7 Å². The van der Waals surface area contributed by atoms with Gasteiger partial charge in [-0.25, -0.2) is 14.4 Å². The van der Waals surface area contributed by atoms with E-state index in [9.17, 15) is 22.4 Å². The van der Waals surface area contributed by atoms with Crippen LogP contribution in [0.1, 0.15) is 47.2 Å². The number of hydrogen-bond donors (Lipinski definition) is 1. The van der Waals surface area contributed by atoms with E-state index in [4.69, 9.17) is 16.6 Å². The highest BCUT2D eigenvalue weighted by molar-refractivity contribution is 7.18. The molecular formula is C30H23ClF4N4OS. The molecule has 6 rings (SSSR count). The van der Waals surface area contributed by atoms with Gasteiger partial charge in [-0.1, -0.05) is 47.5 Å². The van der Waals surface area contributed by atoms with Crippen LogP contribution in [0.4, 0.5) is 17.6 Å². The number of thiazole rings is 1. The Morgan fingerprint density at radius 1 is 1.07 bits per heavy atom. The molecule has 1 N–H and O–H groups in total. The number of nitrogens with zero attached hydrogens (tertiary/aromatic N) is 3. The van der Waals surface area contributed by atoms with Gasteiger partial charge in [0, 0.05) is 12.1 Å². The first kappa shape index (κ1) is 27.4. The van der Waals surface area contributed by atoms with Gasteiger partial charge in [-0.15, -0.1) is 11.3 Å². The number of nitrogens with one attached hydrogen (secondary N) is 1. The molecule has 41 heavy (non-hydrogen) atoms. The molecule has 3 heterocycles. The molecule has 2 aromatic heterocycles. The summed E-state index contributed by atoms with van der Waals surface area (Å²) in [6.07, 6.45) is -3.42. The number of H-pyrrole nitrogens is 1. The van der Waals surface area contributed by atoms with Crippen LogP contribution in [0.5, 0.6) is 0 Å². The zero-order valence-corrected chi connectivity index (χ0v) is 23.5. The third-order valence-corrected chi connectivity index (χ3v) is 8.94. The van der Waals surface area contributed by atoms with Crippen LogP contribution in [0.25, 0.3) is 32.0 Å². The van der Waals surface area contributed by atoms with Gasteiger partial charge in [0.05, 0.1) is 32.0 Å². The number of halogens is 5. The third-order valence-electron chi connectivity index (χ3n) is 7.47. The number of carbonyl (C=O) groups excluding carboxylic acids is 1. The topological polar surface area (TPSA) is 61.9 Å². The van der Waals surface area contributed by atoms with Gasteiger partial charge < -0.3 is 9.88 Å². The van der Waals surface area contributed by atoms with Crippen molar-refractivity contribution in [1.29, 1.82) is 0 Å². The Balaban J connectivity index is 1.43. The molecule has 1 aliphatic rings. The van der Waals surface area contributed by atoms with E-state index in [2.05, 4.69) is 9.97 Å². The second-order valence-electron chi connectivity index (χ2n) is 10.3. The molecule has 3 aromatic carbocycles. The van der Waals surface area contributed by atoms with Gasteiger partial charge in [0.15, 0.2) is 0 Å². The fraction of sp³-hybridized carbons (Fsp3) is 0.233. The summed E-state index contributed by atoms with van der Waals surface area (Å²) in [6, 6.07) is 15.8. The molecule has 1 atom stereocenters. The van der Waals surface area contributed by atoms with Crippen molar-refractivity contribution >= 4 is 39.9 Å². The molecular weight excluding hydrogens is 576 g/mol. The number of fused-ring (bicyclic) bond motifs is 1. The van der Waals surface area contributed by atoms with Gasteiger partial charge >= 0.3 is 6.18 Å². The fourth-order valence-corrected chi connectivity index (χ4v) is 6.65. The molecule has 0 bridgehead atoms.